The molecule has 64 valence electrons. The van der Waals surface area contributed by atoms with E-state index in [9.17, 15) is 4.79 Å². The van der Waals surface area contributed by atoms with Crippen molar-refractivity contribution in [3.63, 3.8) is 0 Å². The lowest BCUT2D eigenvalue weighted by atomic mass is 10.4. The van der Waals surface area contributed by atoms with Crippen LogP contribution in [0.5, 0.6) is 0 Å². The molecule has 0 spiro atoms. The van der Waals surface area contributed by atoms with Gasteiger partial charge in [0.1, 0.15) is 5.82 Å². The fourth-order valence-corrected chi connectivity index (χ4v) is 0.909. The molecular formula is C8H10N2O2. The quantitative estimate of drug-likeness (QED) is 0.725. The molecule has 1 heterocycles. The fraction of sp³-hybridized carbons (Fsp3) is 0.250. The zero-order valence-electron chi connectivity index (χ0n) is 6.77. The highest BCUT2D eigenvalue weighted by Gasteiger charge is 2.11. The molecule has 0 saturated carbocycles. The van der Waals surface area contributed by atoms with Crippen LogP contribution in [0.3, 0.4) is 0 Å². The monoisotopic (exact) mass is 166 g/mol. The van der Waals surface area contributed by atoms with Gasteiger partial charge in [-0.3, -0.25) is 4.90 Å². The second kappa shape index (κ2) is 3.71. The summed E-state index contributed by atoms with van der Waals surface area (Å²) in [7, 11) is 0. The predicted octanol–water partition coefficient (Wildman–Crippen LogP) is 1.59. The maximum atomic E-state index is 10.6. The summed E-state index contributed by atoms with van der Waals surface area (Å²) in [6, 6.07) is 5.17. The number of anilines is 1. The maximum Gasteiger partial charge on any atom is 0.412 e. The summed E-state index contributed by atoms with van der Waals surface area (Å²) in [5, 5.41) is 8.71. The molecule has 1 aromatic rings. The van der Waals surface area contributed by atoms with E-state index in [0.29, 0.717) is 12.4 Å². The van der Waals surface area contributed by atoms with E-state index >= 15 is 0 Å². The number of aromatic nitrogens is 1. The van der Waals surface area contributed by atoms with Gasteiger partial charge in [0, 0.05) is 12.7 Å². The minimum atomic E-state index is -0.976. The van der Waals surface area contributed by atoms with Gasteiger partial charge in [-0.25, -0.2) is 9.78 Å². The average molecular weight is 166 g/mol. The summed E-state index contributed by atoms with van der Waals surface area (Å²) in [6.45, 7) is 2.18. The molecule has 0 bridgehead atoms. The second-order valence-corrected chi connectivity index (χ2v) is 2.21. The van der Waals surface area contributed by atoms with Gasteiger partial charge in [0.05, 0.1) is 0 Å². The van der Waals surface area contributed by atoms with Crippen LogP contribution < -0.4 is 4.90 Å². The molecule has 0 aromatic carbocycles. The summed E-state index contributed by atoms with van der Waals surface area (Å²) < 4.78 is 0. The number of carboxylic acid groups (broad SMARTS) is 1. The Morgan fingerprint density at radius 2 is 2.42 bits per heavy atom. The fourth-order valence-electron chi connectivity index (χ4n) is 0.909. The lowest BCUT2D eigenvalue weighted by molar-refractivity contribution is 0.202. The van der Waals surface area contributed by atoms with Crippen molar-refractivity contribution in [3.05, 3.63) is 24.4 Å². The summed E-state index contributed by atoms with van der Waals surface area (Å²) >= 11 is 0. The minimum Gasteiger partial charge on any atom is -0.465 e. The lowest BCUT2D eigenvalue weighted by Crippen LogP contribution is -2.29. The van der Waals surface area contributed by atoms with Crippen LogP contribution in [0.4, 0.5) is 10.6 Å². The molecule has 1 N–H and O–H groups in total. The Morgan fingerprint density at radius 3 is 2.83 bits per heavy atom. The van der Waals surface area contributed by atoms with Gasteiger partial charge in [0.2, 0.25) is 0 Å². The van der Waals surface area contributed by atoms with Crippen molar-refractivity contribution in [3.8, 4) is 0 Å². The van der Waals surface area contributed by atoms with Gasteiger partial charge in [-0.15, -0.1) is 0 Å². The van der Waals surface area contributed by atoms with Crippen LogP contribution in [-0.2, 0) is 0 Å². The summed E-state index contributed by atoms with van der Waals surface area (Å²) in [5.74, 6) is 0.465. The van der Waals surface area contributed by atoms with E-state index < -0.39 is 6.09 Å². The number of hydrogen-bond donors (Lipinski definition) is 1. The van der Waals surface area contributed by atoms with Crippen molar-refractivity contribution in [2.45, 2.75) is 6.92 Å². The molecule has 0 fully saturated rings. The normalized spacial score (nSPS) is 9.42. The topological polar surface area (TPSA) is 53.4 Å². The van der Waals surface area contributed by atoms with E-state index in [0.717, 1.165) is 0 Å². The van der Waals surface area contributed by atoms with Crippen molar-refractivity contribution >= 4 is 11.9 Å². The Kier molecular flexibility index (Phi) is 2.63. The van der Waals surface area contributed by atoms with Crippen LogP contribution in [0.1, 0.15) is 6.92 Å². The Hall–Kier alpha value is -1.58. The van der Waals surface area contributed by atoms with E-state index in [1.54, 1.807) is 31.3 Å². The molecule has 12 heavy (non-hydrogen) atoms. The van der Waals surface area contributed by atoms with Crippen molar-refractivity contribution in [2.24, 2.45) is 0 Å². The van der Waals surface area contributed by atoms with Crippen molar-refractivity contribution in [1.29, 1.82) is 0 Å². The van der Waals surface area contributed by atoms with Crippen LogP contribution in [0.25, 0.3) is 0 Å². The Bertz CT molecular complexity index is 261. The van der Waals surface area contributed by atoms with Crippen LogP contribution in [0.2, 0.25) is 0 Å². The third kappa shape index (κ3) is 1.72. The smallest absolute Gasteiger partial charge is 0.412 e. The van der Waals surface area contributed by atoms with Crippen molar-refractivity contribution in [1.82, 2.24) is 4.98 Å². The molecule has 1 amide bonds. The molecule has 4 nitrogen and oxygen atoms in total. The molecule has 0 aliphatic carbocycles. The van der Waals surface area contributed by atoms with E-state index in [1.807, 2.05) is 0 Å². The van der Waals surface area contributed by atoms with Crippen molar-refractivity contribution < 1.29 is 9.90 Å². The summed E-state index contributed by atoms with van der Waals surface area (Å²) in [6.07, 6.45) is 0.595. The maximum absolute atomic E-state index is 10.6. The van der Waals surface area contributed by atoms with Crippen molar-refractivity contribution in [2.75, 3.05) is 11.4 Å². The van der Waals surface area contributed by atoms with Crippen LogP contribution in [0.15, 0.2) is 24.4 Å². The van der Waals surface area contributed by atoms with Gasteiger partial charge >= 0.3 is 6.09 Å². The number of pyridine rings is 1. The van der Waals surface area contributed by atoms with Gasteiger partial charge in [-0.05, 0) is 19.1 Å². The highest BCUT2D eigenvalue weighted by atomic mass is 16.4. The molecule has 4 heteroatoms. The van der Waals surface area contributed by atoms with Gasteiger partial charge < -0.3 is 5.11 Å². The SMILES string of the molecule is CCN(C(=O)O)c1ccccn1. The Balaban J connectivity index is 2.88. The largest absolute Gasteiger partial charge is 0.465 e. The summed E-state index contributed by atoms with van der Waals surface area (Å²) in [4.78, 5) is 15.7. The van der Waals surface area contributed by atoms with Gasteiger partial charge in [0.15, 0.2) is 0 Å². The number of hydrogen-bond acceptors (Lipinski definition) is 2. The minimum absolute atomic E-state index is 0.409. The molecule has 0 aliphatic rings. The van der Waals surface area contributed by atoms with Gasteiger partial charge in [0.25, 0.3) is 0 Å². The lowest BCUT2D eigenvalue weighted by Gasteiger charge is -2.14. The number of amides is 1. The average Bonchev–Trinajstić information content (AvgIpc) is 2.07. The number of rotatable bonds is 2. The zero-order chi connectivity index (χ0) is 8.97. The Morgan fingerprint density at radius 1 is 1.67 bits per heavy atom. The van der Waals surface area contributed by atoms with E-state index in [-0.39, 0.29) is 0 Å². The molecule has 1 aromatic heterocycles. The zero-order valence-corrected chi connectivity index (χ0v) is 6.77. The molecule has 0 aliphatic heterocycles. The first-order chi connectivity index (χ1) is 5.75. The van der Waals surface area contributed by atoms with Crippen LogP contribution in [0, 0.1) is 0 Å². The second-order valence-electron chi connectivity index (χ2n) is 2.21. The van der Waals surface area contributed by atoms with Crippen LogP contribution >= 0.6 is 0 Å². The van der Waals surface area contributed by atoms with E-state index in [2.05, 4.69) is 4.98 Å². The van der Waals surface area contributed by atoms with E-state index in [4.69, 9.17) is 5.11 Å². The van der Waals surface area contributed by atoms with E-state index in [1.165, 1.54) is 4.90 Å². The number of carbonyl (C=O) groups is 1. The Labute approximate surface area is 70.5 Å². The molecular weight excluding hydrogens is 156 g/mol. The third-order valence-electron chi connectivity index (χ3n) is 1.47. The molecule has 0 unspecified atom stereocenters. The highest BCUT2D eigenvalue weighted by Crippen LogP contribution is 2.07. The van der Waals surface area contributed by atoms with Gasteiger partial charge in [-0.1, -0.05) is 6.07 Å². The third-order valence-corrected chi connectivity index (χ3v) is 1.47. The highest BCUT2D eigenvalue weighted by molar-refractivity contribution is 5.84. The molecule has 1 rings (SSSR count). The summed E-state index contributed by atoms with van der Waals surface area (Å²) in [5.41, 5.74) is 0. The predicted molar refractivity (Wildman–Crippen MR) is 45.3 cm³/mol. The first-order valence-electron chi connectivity index (χ1n) is 3.67. The molecule has 0 atom stereocenters. The van der Waals surface area contributed by atoms with Crippen LogP contribution in [-0.4, -0.2) is 22.7 Å². The standard InChI is InChI=1S/C8H10N2O2/c1-2-10(8(11)12)7-5-3-4-6-9-7/h3-6H,2H2,1H3,(H,11,12). The first kappa shape index (κ1) is 8.52. The first-order valence-corrected chi connectivity index (χ1v) is 3.67. The number of nitrogens with zero attached hydrogens (tertiary/aromatic N) is 2. The molecule has 0 saturated heterocycles. The van der Waals surface area contributed by atoms with Gasteiger partial charge in [-0.2, -0.15) is 0 Å². The molecule has 0 radical (unpaired) electrons.